The Kier molecular flexibility index (Phi) is 4.76. The van der Waals surface area contributed by atoms with Gasteiger partial charge in [-0.2, -0.15) is 0 Å². The number of likely N-dealkylation sites (N-methyl/N-ethyl adjacent to an activating group) is 1. The van der Waals surface area contributed by atoms with E-state index in [0.717, 1.165) is 49.3 Å². The second-order valence-corrected chi connectivity index (χ2v) is 5.63. The summed E-state index contributed by atoms with van der Waals surface area (Å²) < 4.78 is 14.2. The van der Waals surface area contributed by atoms with Gasteiger partial charge in [0.15, 0.2) is 0 Å². The molecule has 0 radical (unpaired) electrons. The van der Waals surface area contributed by atoms with E-state index in [1.54, 1.807) is 12.1 Å². The molecule has 0 atom stereocenters. The van der Waals surface area contributed by atoms with E-state index < -0.39 is 0 Å². The number of nitrogens with zero attached hydrogens (tertiary/aromatic N) is 2. The lowest BCUT2D eigenvalue weighted by Crippen LogP contribution is -2.59. The van der Waals surface area contributed by atoms with Crippen LogP contribution in [0.4, 0.5) is 4.39 Å². The Bertz CT molecular complexity index is 467. The predicted octanol–water partition coefficient (Wildman–Crippen LogP) is 2.41. The molecule has 110 valence electrons. The highest BCUT2D eigenvalue weighted by atomic mass is 19.1. The summed E-state index contributed by atoms with van der Waals surface area (Å²) in [7, 11) is 0. The molecule has 1 fully saturated rings. The molecule has 20 heavy (non-hydrogen) atoms. The average Bonchev–Trinajstić information content (AvgIpc) is 2.47. The van der Waals surface area contributed by atoms with Gasteiger partial charge in [0.25, 0.3) is 0 Å². The van der Waals surface area contributed by atoms with Gasteiger partial charge in [-0.25, -0.2) is 4.39 Å². The minimum atomic E-state index is -0.170. The van der Waals surface area contributed by atoms with Crippen molar-refractivity contribution in [2.45, 2.75) is 26.8 Å². The Balaban J connectivity index is 2.03. The Hall–Kier alpha value is -1.42. The SMILES string of the molecule is CCC(=O)N1CC[N+](CC)(Cc2cccc(F)c2)CC1. The molecule has 1 amide bonds. The fourth-order valence-electron chi connectivity index (χ4n) is 2.97. The lowest BCUT2D eigenvalue weighted by atomic mass is 10.1. The predicted molar refractivity (Wildman–Crippen MR) is 77.5 cm³/mol. The highest BCUT2D eigenvalue weighted by molar-refractivity contribution is 5.75. The quantitative estimate of drug-likeness (QED) is 0.775. The van der Waals surface area contributed by atoms with Crippen LogP contribution < -0.4 is 0 Å². The number of carbonyl (C=O) groups is 1. The topological polar surface area (TPSA) is 20.3 Å². The van der Waals surface area contributed by atoms with Gasteiger partial charge in [-0.15, -0.1) is 0 Å². The maximum absolute atomic E-state index is 13.3. The van der Waals surface area contributed by atoms with Crippen molar-refractivity contribution in [2.24, 2.45) is 0 Å². The first-order valence-corrected chi connectivity index (χ1v) is 7.46. The van der Waals surface area contributed by atoms with Crippen LogP contribution in [0.15, 0.2) is 24.3 Å². The number of benzene rings is 1. The number of quaternary nitrogens is 1. The van der Waals surface area contributed by atoms with Crippen LogP contribution in [0, 0.1) is 5.82 Å². The normalized spacial score (nSPS) is 18.1. The van der Waals surface area contributed by atoms with E-state index in [-0.39, 0.29) is 11.7 Å². The first kappa shape index (κ1) is 15.0. The lowest BCUT2D eigenvalue weighted by Gasteiger charge is -2.44. The van der Waals surface area contributed by atoms with Crippen molar-refractivity contribution >= 4 is 5.91 Å². The van der Waals surface area contributed by atoms with Gasteiger partial charge in [-0.1, -0.05) is 19.1 Å². The molecule has 1 heterocycles. The van der Waals surface area contributed by atoms with Crippen LogP contribution in [-0.2, 0) is 11.3 Å². The second kappa shape index (κ2) is 6.35. The molecule has 3 nitrogen and oxygen atoms in total. The van der Waals surface area contributed by atoms with Crippen LogP contribution in [0.3, 0.4) is 0 Å². The fourth-order valence-corrected chi connectivity index (χ4v) is 2.97. The van der Waals surface area contributed by atoms with Crippen molar-refractivity contribution in [2.75, 3.05) is 32.7 Å². The average molecular weight is 279 g/mol. The molecule has 0 bridgehead atoms. The lowest BCUT2D eigenvalue weighted by molar-refractivity contribution is -0.942. The van der Waals surface area contributed by atoms with E-state index in [2.05, 4.69) is 6.92 Å². The van der Waals surface area contributed by atoms with E-state index in [1.807, 2.05) is 17.9 Å². The second-order valence-electron chi connectivity index (χ2n) is 5.63. The van der Waals surface area contributed by atoms with Crippen molar-refractivity contribution in [3.8, 4) is 0 Å². The molecule has 0 aliphatic carbocycles. The molecule has 2 rings (SSSR count). The molecule has 0 aromatic heterocycles. The molecular weight excluding hydrogens is 255 g/mol. The molecule has 1 saturated heterocycles. The summed E-state index contributed by atoms with van der Waals surface area (Å²) in [6.07, 6.45) is 0.579. The van der Waals surface area contributed by atoms with Gasteiger partial charge < -0.3 is 9.38 Å². The van der Waals surface area contributed by atoms with E-state index in [0.29, 0.717) is 6.42 Å². The summed E-state index contributed by atoms with van der Waals surface area (Å²) >= 11 is 0. The van der Waals surface area contributed by atoms with Crippen molar-refractivity contribution in [1.82, 2.24) is 4.90 Å². The molecule has 0 N–H and O–H groups in total. The van der Waals surface area contributed by atoms with Gasteiger partial charge >= 0.3 is 0 Å². The fraction of sp³-hybridized carbons (Fsp3) is 0.562. The summed E-state index contributed by atoms with van der Waals surface area (Å²) in [5.41, 5.74) is 1.04. The van der Waals surface area contributed by atoms with Crippen molar-refractivity contribution < 1.29 is 13.7 Å². The minimum absolute atomic E-state index is 0.170. The van der Waals surface area contributed by atoms with Crippen LogP contribution in [0.5, 0.6) is 0 Å². The van der Waals surface area contributed by atoms with Crippen molar-refractivity contribution in [3.05, 3.63) is 35.6 Å². The van der Waals surface area contributed by atoms with Gasteiger partial charge in [-0.05, 0) is 19.1 Å². The van der Waals surface area contributed by atoms with E-state index in [1.165, 1.54) is 6.07 Å². The monoisotopic (exact) mass is 279 g/mol. The standard InChI is InChI=1S/C16H24FN2O/c1-3-16(20)18-8-10-19(4-2,11-9-18)13-14-6-5-7-15(17)12-14/h5-7,12H,3-4,8-11,13H2,1-2H3/q+1. The summed E-state index contributed by atoms with van der Waals surface area (Å²) in [5.74, 6) is 0.0706. The Morgan fingerprint density at radius 3 is 2.55 bits per heavy atom. The van der Waals surface area contributed by atoms with Crippen LogP contribution in [-0.4, -0.2) is 48.0 Å². The summed E-state index contributed by atoms with van der Waals surface area (Å²) in [4.78, 5) is 13.7. The molecule has 1 aromatic carbocycles. The number of hydrogen-bond donors (Lipinski definition) is 0. The molecule has 1 aliphatic heterocycles. The summed E-state index contributed by atoms with van der Waals surface area (Å²) in [6.45, 7) is 9.50. The molecule has 4 heteroatoms. The number of halogens is 1. The van der Waals surface area contributed by atoms with Gasteiger partial charge in [0.1, 0.15) is 12.4 Å². The number of hydrogen-bond acceptors (Lipinski definition) is 1. The molecule has 1 aliphatic rings. The van der Waals surface area contributed by atoms with E-state index in [4.69, 9.17) is 0 Å². The van der Waals surface area contributed by atoms with Gasteiger partial charge in [-0.3, -0.25) is 4.79 Å². The molecule has 0 spiro atoms. The van der Waals surface area contributed by atoms with Crippen LogP contribution in [0.2, 0.25) is 0 Å². The minimum Gasteiger partial charge on any atom is -0.331 e. The third-order valence-corrected chi connectivity index (χ3v) is 4.42. The smallest absolute Gasteiger partial charge is 0.222 e. The van der Waals surface area contributed by atoms with Gasteiger partial charge in [0.2, 0.25) is 5.91 Å². The third kappa shape index (κ3) is 3.37. The number of piperazine rings is 1. The Labute approximate surface area is 120 Å². The van der Waals surface area contributed by atoms with Crippen LogP contribution in [0.1, 0.15) is 25.8 Å². The van der Waals surface area contributed by atoms with E-state index >= 15 is 0 Å². The van der Waals surface area contributed by atoms with Crippen molar-refractivity contribution in [3.63, 3.8) is 0 Å². The largest absolute Gasteiger partial charge is 0.331 e. The van der Waals surface area contributed by atoms with Crippen LogP contribution in [0.25, 0.3) is 0 Å². The first-order valence-electron chi connectivity index (χ1n) is 7.46. The molecule has 1 aromatic rings. The van der Waals surface area contributed by atoms with Crippen molar-refractivity contribution in [1.29, 1.82) is 0 Å². The zero-order valence-electron chi connectivity index (χ0n) is 12.4. The van der Waals surface area contributed by atoms with Gasteiger partial charge in [0.05, 0.1) is 32.7 Å². The Morgan fingerprint density at radius 2 is 2.00 bits per heavy atom. The highest BCUT2D eigenvalue weighted by Crippen LogP contribution is 2.19. The first-order chi connectivity index (χ1) is 9.58. The molecule has 0 unspecified atom stereocenters. The van der Waals surface area contributed by atoms with Gasteiger partial charge in [0, 0.05) is 12.0 Å². The van der Waals surface area contributed by atoms with E-state index in [9.17, 15) is 9.18 Å². The highest BCUT2D eigenvalue weighted by Gasteiger charge is 2.32. The summed E-state index contributed by atoms with van der Waals surface area (Å²) in [6, 6.07) is 6.87. The maximum atomic E-state index is 13.3. The zero-order chi connectivity index (χ0) is 14.6. The molecular formula is C16H24FN2O+. The molecule has 0 saturated carbocycles. The number of carbonyl (C=O) groups excluding carboxylic acids is 1. The summed E-state index contributed by atoms with van der Waals surface area (Å²) in [5, 5.41) is 0. The zero-order valence-corrected chi connectivity index (χ0v) is 12.4. The third-order valence-electron chi connectivity index (χ3n) is 4.42. The number of rotatable bonds is 4. The van der Waals surface area contributed by atoms with Crippen LogP contribution >= 0.6 is 0 Å². The maximum Gasteiger partial charge on any atom is 0.222 e. The Morgan fingerprint density at radius 1 is 1.30 bits per heavy atom. The number of amides is 1.